The molecule has 1 N–H and O–H groups in total. The highest BCUT2D eigenvalue weighted by atomic mass is 32.2. The van der Waals surface area contributed by atoms with E-state index in [1.165, 1.54) is 35.3 Å². The molecular weight excluding hydrogens is 529 g/mol. The minimum atomic E-state index is -4.75. The summed E-state index contributed by atoms with van der Waals surface area (Å²) in [7, 11) is 0. The summed E-state index contributed by atoms with van der Waals surface area (Å²) in [5.41, 5.74) is 5.12. The van der Waals surface area contributed by atoms with E-state index in [0.29, 0.717) is 27.9 Å². The van der Waals surface area contributed by atoms with Gasteiger partial charge in [0.1, 0.15) is 12.1 Å². The van der Waals surface area contributed by atoms with Gasteiger partial charge in [-0.15, -0.1) is 18.3 Å². The number of aliphatic imine (C=N–C) groups is 1. The smallest absolute Gasteiger partial charge is 0.406 e. The average molecular weight is 553 g/mol. The van der Waals surface area contributed by atoms with Crippen LogP contribution in [-0.4, -0.2) is 44.6 Å². The average Bonchev–Trinajstić information content (AvgIpc) is 3.54. The predicted molar refractivity (Wildman–Crippen MR) is 146 cm³/mol. The Labute approximate surface area is 226 Å². The maximum atomic E-state index is 12.7. The van der Waals surface area contributed by atoms with Crippen molar-refractivity contribution in [1.29, 1.82) is 0 Å². The van der Waals surface area contributed by atoms with Crippen molar-refractivity contribution in [2.24, 2.45) is 4.99 Å². The Morgan fingerprint density at radius 1 is 1.03 bits per heavy atom. The van der Waals surface area contributed by atoms with Crippen LogP contribution in [0.15, 0.2) is 78.0 Å². The van der Waals surface area contributed by atoms with Crippen molar-refractivity contribution in [1.82, 2.24) is 14.8 Å². The number of amides is 2. The van der Waals surface area contributed by atoms with Gasteiger partial charge in [-0.25, -0.2) is 14.5 Å². The zero-order chi connectivity index (χ0) is 27.6. The Balaban J connectivity index is 1.24. The number of hydrogen-bond donors (Lipinski definition) is 1. The van der Waals surface area contributed by atoms with E-state index >= 15 is 0 Å². The molecule has 8 nitrogen and oxygen atoms in total. The van der Waals surface area contributed by atoms with E-state index in [1.54, 1.807) is 36.0 Å². The molecule has 0 spiro atoms. The third-order valence-electron chi connectivity index (χ3n) is 5.90. The Kier molecular flexibility index (Phi) is 7.29. The van der Waals surface area contributed by atoms with Gasteiger partial charge >= 0.3 is 12.4 Å². The number of rotatable bonds is 5. The summed E-state index contributed by atoms with van der Waals surface area (Å²) in [6, 6.07) is 17.9. The van der Waals surface area contributed by atoms with Gasteiger partial charge in [0.05, 0.1) is 5.69 Å². The summed E-state index contributed by atoms with van der Waals surface area (Å²) in [5.74, 6) is 0.939. The molecule has 1 aliphatic rings. The van der Waals surface area contributed by atoms with E-state index in [4.69, 9.17) is 0 Å². The van der Waals surface area contributed by atoms with Gasteiger partial charge in [0.15, 0.2) is 11.0 Å². The van der Waals surface area contributed by atoms with Crippen molar-refractivity contribution in [3.05, 3.63) is 84.2 Å². The first kappa shape index (κ1) is 26.3. The van der Waals surface area contributed by atoms with Crippen LogP contribution in [0.3, 0.4) is 0 Å². The molecule has 0 bridgehead atoms. The largest absolute Gasteiger partial charge is 0.573 e. The number of aryl methyl sites for hydroxylation is 2. The van der Waals surface area contributed by atoms with E-state index < -0.39 is 12.4 Å². The number of anilines is 2. The third kappa shape index (κ3) is 6.23. The lowest BCUT2D eigenvalue weighted by Crippen LogP contribution is -2.26. The van der Waals surface area contributed by atoms with E-state index in [2.05, 4.69) is 30.0 Å². The molecule has 2 amide bonds. The van der Waals surface area contributed by atoms with Crippen molar-refractivity contribution in [3.8, 4) is 22.8 Å². The van der Waals surface area contributed by atoms with Crippen LogP contribution in [0.2, 0.25) is 0 Å². The Morgan fingerprint density at radius 2 is 1.72 bits per heavy atom. The van der Waals surface area contributed by atoms with Gasteiger partial charge in [-0.1, -0.05) is 30.0 Å². The number of carbonyl (C=O) groups is 1. The second kappa shape index (κ2) is 10.8. The maximum absolute atomic E-state index is 12.7. The van der Waals surface area contributed by atoms with Crippen LogP contribution in [0.25, 0.3) is 17.1 Å². The molecule has 12 heteroatoms. The molecule has 4 aromatic rings. The van der Waals surface area contributed by atoms with Crippen LogP contribution in [0.5, 0.6) is 5.75 Å². The fraction of sp³-hybridized carbons (Fsp3) is 0.185. The molecule has 1 saturated heterocycles. The van der Waals surface area contributed by atoms with E-state index in [-0.39, 0.29) is 5.75 Å². The number of nitrogens with zero attached hydrogens (tertiary/aromatic N) is 5. The normalized spacial score (nSPS) is 14.6. The van der Waals surface area contributed by atoms with Gasteiger partial charge in [0.25, 0.3) is 0 Å². The van der Waals surface area contributed by atoms with Gasteiger partial charge in [-0.3, -0.25) is 0 Å². The molecule has 1 fully saturated rings. The van der Waals surface area contributed by atoms with E-state index in [1.807, 2.05) is 32.0 Å². The number of ether oxygens (including phenoxy) is 1. The van der Waals surface area contributed by atoms with Gasteiger partial charge < -0.3 is 15.0 Å². The van der Waals surface area contributed by atoms with E-state index in [9.17, 15) is 18.0 Å². The van der Waals surface area contributed by atoms with Crippen molar-refractivity contribution in [3.63, 3.8) is 0 Å². The number of nitrogens with one attached hydrogen (secondary N) is 1. The molecule has 2 heterocycles. The highest BCUT2D eigenvalue weighted by Gasteiger charge is 2.31. The summed E-state index contributed by atoms with van der Waals surface area (Å²) >= 11 is 1.54. The van der Waals surface area contributed by atoms with Gasteiger partial charge in [-0.05, 0) is 73.5 Å². The predicted octanol–water partition coefficient (Wildman–Crippen LogP) is 6.59. The molecule has 5 rings (SSSR count). The van der Waals surface area contributed by atoms with Crippen molar-refractivity contribution >= 4 is 34.3 Å². The van der Waals surface area contributed by atoms with Crippen LogP contribution >= 0.6 is 11.8 Å². The quantitative estimate of drug-likeness (QED) is 0.301. The fourth-order valence-corrected chi connectivity index (χ4v) is 5.14. The standard InChI is InChI=1S/C27H23F3N6O2S/c1-17-4-3-5-18(2)23(17)35-14-15-39-26(35)33-25(37)32-20-8-6-19(7-9-20)24-31-16-36(34-24)21-10-12-22(13-11-21)38-27(28,29)30/h3-13,16H,14-15H2,1-2H3,(H,32,37). The van der Waals surface area contributed by atoms with Crippen LogP contribution in [0, 0.1) is 13.8 Å². The van der Waals surface area contributed by atoms with Gasteiger partial charge in [-0.2, -0.15) is 4.99 Å². The topological polar surface area (TPSA) is 84.6 Å². The maximum Gasteiger partial charge on any atom is 0.573 e. The van der Waals surface area contributed by atoms with Crippen LogP contribution in [0.4, 0.5) is 29.3 Å². The molecule has 0 unspecified atom stereocenters. The van der Waals surface area contributed by atoms with Gasteiger partial charge in [0.2, 0.25) is 0 Å². The molecule has 39 heavy (non-hydrogen) atoms. The van der Waals surface area contributed by atoms with Crippen LogP contribution < -0.4 is 15.0 Å². The first-order chi connectivity index (χ1) is 18.7. The molecular formula is C27H23F3N6O2S. The van der Waals surface area contributed by atoms with Gasteiger partial charge in [0, 0.05) is 29.2 Å². The summed E-state index contributed by atoms with van der Waals surface area (Å²) < 4.78 is 42.4. The molecule has 0 saturated carbocycles. The minimum absolute atomic E-state index is 0.320. The highest BCUT2D eigenvalue weighted by Crippen LogP contribution is 2.31. The molecule has 0 radical (unpaired) electrons. The zero-order valence-electron chi connectivity index (χ0n) is 20.9. The Hall–Kier alpha value is -4.32. The van der Waals surface area contributed by atoms with Crippen LogP contribution in [-0.2, 0) is 0 Å². The minimum Gasteiger partial charge on any atom is -0.406 e. The molecule has 0 atom stereocenters. The summed E-state index contributed by atoms with van der Waals surface area (Å²) in [6.07, 6.45) is -3.29. The molecule has 0 aliphatic carbocycles. The first-order valence-corrected chi connectivity index (χ1v) is 12.9. The lowest BCUT2D eigenvalue weighted by Gasteiger charge is -2.22. The summed E-state index contributed by atoms with van der Waals surface area (Å²) in [5, 5.41) is 7.85. The number of benzene rings is 3. The molecule has 3 aromatic carbocycles. The second-order valence-corrected chi connectivity index (χ2v) is 9.76. The molecule has 200 valence electrons. The van der Waals surface area contributed by atoms with Crippen molar-refractivity contribution in [2.45, 2.75) is 20.2 Å². The lowest BCUT2D eigenvalue weighted by atomic mass is 10.1. The molecule has 1 aliphatic heterocycles. The van der Waals surface area contributed by atoms with Crippen molar-refractivity contribution < 1.29 is 22.7 Å². The number of para-hydroxylation sites is 1. The Morgan fingerprint density at radius 3 is 2.38 bits per heavy atom. The SMILES string of the molecule is Cc1cccc(C)c1N1CCSC1=NC(=O)Nc1ccc(-c2ncn(-c3ccc(OC(F)(F)F)cc3)n2)cc1. The summed E-state index contributed by atoms with van der Waals surface area (Å²) in [4.78, 5) is 23.4. The number of halogens is 3. The third-order valence-corrected chi connectivity index (χ3v) is 6.86. The first-order valence-electron chi connectivity index (χ1n) is 11.9. The highest BCUT2D eigenvalue weighted by molar-refractivity contribution is 8.14. The number of carbonyl (C=O) groups excluding carboxylic acids is 1. The fourth-order valence-electron chi connectivity index (χ4n) is 4.19. The number of hydrogen-bond acceptors (Lipinski definition) is 5. The number of thioether (sulfide) groups is 1. The van der Waals surface area contributed by atoms with Crippen molar-refractivity contribution in [2.75, 3.05) is 22.5 Å². The van der Waals surface area contributed by atoms with E-state index in [0.717, 1.165) is 29.1 Å². The number of amidine groups is 1. The monoisotopic (exact) mass is 552 g/mol. The number of urea groups is 1. The lowest BCUT2D eigenvalue weighted by molar-refractivity contribution is -0.274. The summed E-state index contributed by atoms with van der Waals surface area (Å²) in [6.45, 7) is 4.87. The zero-order valence-corrected chi connectivity index (χ0v) is 21.8. The Bertz CT molecular complexity index is 1500. The number of alkyl halides is 3. The second-order valence-electron chi connectivity index (χ2n) is 8.70. The molecule has 1 aromatic heterocycles. The number of aromatic nitrogens is 3. The van der Waals surface area contributed by atoms with Crippen LogP contribution in [0.1, 0.15) is 11.1 Å².